The van der Waals surface area contributed by atoms with Gasteiger partial charge in [0, 0.05) is 13.1 Å². The van der Waals surface area contributed by atoms with Crippen LogP contribution in [0.25, 0.3) is 0 Å². The highest BCUT2D eigenvalue weighted by molar-refractivity contribution is 7.89. The molecule has 1 saturated heterocycles. The summed E-state index contributed by atoms with van der Waals surface area (Å²) >= 11 is 0. The van der Waals surface area contributed by atoms with Crippen LogP contribution in [0.2, 0.25) is 0 Å². The van der Waals surface area contributed by atoms with Gasteiger partial charge >= 0.3 is 11.8 Å². The van der Waals surface area contributed by atoms with E-state index in [1.165, 1.54) is 4.31 Å². The SMILES string of the molecule is Cc1cc(C)c(S(=O)(=O)N2CCCOC2CNC(=O)C(=O)NCCc2ccccc2)c(C)c1. The molecule has 0 spiro atoms. The number of amides is 2. The van der Waals surface area contributed by atoms with Gasteiger partial charge in [0.05, 0.1) is 18.0 Å². The fraction of sp³-hybridized carbons (Fsp3) is 0.417. The Balaban J connectivity index is 1.61. The van der Waals surface area contributed by atoms with Crippen LogP contribution in [0.1, 0.15) is 28.7 Å². The van der Waals surface area contributed by atoms with E-state index < -0.39 is 28.1 Å². The van der Waals surface area contributed by atoms with Gasteiger partial charge < -0.3 is 15.4 Å². The first-order chi connectivity index (χ1) is 15.7. The number of ether oxygens (including phenoxy) is 1. The third-order valence-electron chi connectivity index (χ3n) is 5.51. The molecule has 2 aromatic carbocycles. The predicted octanol–water partition coefficient (Wildman–Crippen LogP) is 1.82. The smallest absolute Gasteiger partial charge is 0.309 e. The number of hydrogen-bond acceptors (Lipinski definition) is 5. The third kappa shape index (κ3) is 6.19. The first kappa shape index (κ1) is 24.9. The highest BCUT2D eigenvalue weighted by Gasteiger charge is 2.36. The van der Waals surface area contributed by atoms with Gasteiger partial charge in [-0.2, -0.15) is 4.31 Å². The normalized spacial score (nSPS) is 16.9. The van der Waals surface area contributed by atoms with Crippen LogP contribution in [-0.4, -0.2) is 57.0 Å². The molecule has 9 heteroatoms. The van der Waals surface area contributed by atoms with Crippen molar-refractivity contribution in [2.24, 2.45) is 0 Å². The van der Waals surface area contributed by atoms with Crippen molar-refractivity contribution in [2.75, 3.05) is 26.2 Å². The Bertz CT molecular complexity index is 1080. The maximum atomic E-state index is 13.5. The molecule has 0 bridgehead atoms. The van der Waals surface area contributed by atoms with Crippen molar-refractivity contribution in [1.29, 1.82) is 0 Å². The van der Waals surface area contributed by atoms with Crippen LogP contribution in [0.5, 0.6) is 0 Å². The molecule has 33 heavy (non-hydrogen) atoms. The number of aryl methyl sites for hydroxylation is 3. The average molecular weight is 474 g/mol. The highest BCUT2D eigenvalue weighted by atomic mass is 32.2. The summed E-state index contributed by atoms with van der Waals surface area (Å²) in [4.78, 5) is 24.6. The number of hydrogen-bond donors (Lipinski definition) is 2. The minimum atomic E-state index is -3.85. The van der Waals surface area contributed by atoms with E-state index >= 15 is 0 Å². The first-order valence-electron chi connectivity index (χ1n) is 11.0. The van der Waals surface area contributed by atoms with Gasteiger partial charge in [-0.1, -0.05) is 48.0 Å². The van der Waals surface area contributed by atoms with Crippen molar-refractivity contribution in [2.45, 2.75) is 44.7 Å². The molecule has 1 fully saturated rings. The summed E-state index contributed by atoms with van der Waals surface area (Å²) in [5.41, 5.74) is 3.37. The number of nitrogens with zero attached hydrogens (tertiary/aromatic N) is 1. The molecule has 2 N–H and O–H groups in total. The summed E-state index contributed by atoms with van der Waals surface area (Å²) in [6, 6.07) is 13.3. The van der Waals surface area contributed by atoms with Crippen LogP contribution < -0.4 is 10.6 Å². The monoisotopic (exact) mass is 473 g/mol. The van der Waals surface area contributed by atoms with E-state index in [0.717, 1.165) is 11.1 Å². The summed E-state index contributed by atoms with van der Waals surface area (Å²) in [5.74, 6) is -1.58. The van der Waals surface area contributed by atoms with Crippen molar-refractivity contribution in [3.05, 3.63) is 64.7 Å². The van der Waals surface area contributed by atoms with Crippen LogP contribution in [0.3, 0.4) is 0 Å². The van der Waals surface area contributed by atoms with E-state index in [0.29, 0.717) is 37.1 Å². The van der Waals surface area contributed by atoms with Crippen LogP contribution in [0.15, 0.2) is 47.4 Å². The second-order valence-corrected chi connectivity index (χ2v) is 10.1. The molecule has 0 aliphatic carbocycles. The van der Waals surface area contributed by atoms with Crippen LogP contribution in [-0.2, 0) is 30.8 Å². The Morgan fingerprint density at radius 3 is 2.33 bits per heavy atom. The first-order valence-corrected chi connectivity index (χ1v) is 12.5. The number of rotatable bonds is 7. The maximum absolute atomic E-state index is 13.5. The predicted molar refractivity (Wildman–Crippen MR) is 125 cm³/mol. The lowest BCUT2D eigenvalue weighted by Gasteiger charge is -2.35. The van der Waals surface area contributed by atoms with E-state index in [9.17, 15) is 18.0 Å². The van der Waals surface area contributed by atoms with Gasteiger partial charge in [0.25, 0.3) is 0 Å². The van der Waals surface area contributed by atoms with Crippen molar-refractivity contribution in [3.8, 4) is 0 Å². The molecule has 8 nitrogen and oxygen atoms in total. The van der Waals surface area contributed by atoms with E-state index in [1.54, 1.807) is 13.8 Å². The lowest BCUT2D eigenvalue weighted by atomic mass is 10.1. The average Bonchev–Trinajstić information content (AvgIpc) is 2.77. The van der Waals surface area contributed by atoms with Gasteiger partial charge in [0.2, 0.25) is 10.0 Å². The Morgan fingerprint density at radius 1 is 1.03 bits per heavy atom. The second-order valence-electron chi connectivity index (χ2n) is 8.22. The second kappa shape index (κ2) is 10.9. The molecule has 0 saturated carbocycles. The van der Waals surface area contributed by atoms with E-state index in [1.807, 2.05) is 49.4 Å². The molecule has 1 aliphatic heterocycles. The fourth-order valence-electron chi connectivity index (χ4n) is 4.10. The summed E-state index contributed by atoms with van der Waals surface area (Å²) in [6.07, 6.45) is 0.269. The van der Waals surface area contributed by atoms with E-state index in [-0.39, 0.29) is 18.0 Å². The molecule has 2 amide bonds. The molecule has 178 valence electrons. The van der Waals surface area contributed by atoms with Gasteiger partial charge in [-0.3, -0.25) is 9.59 Å². The van der Waals surface area contributed by atoms with Crippen LogP contribution >= 0.6 is 0 Å². The van der Waals surface area contributed by atoms with Crippen molar-refractivity contribution in [1.82, 2.24) is 14.9 Å². The molecule has 2 aromatic rings. The zero-order valence-corrected chi connectivity index (χ0v) is 20.1. The molecule has 1 aliphatic rings. The highest BCUT2D eigenvalue weighted by Crippen LogP contribution is 2.28. The molecule has 0 radical (unpaired) electrons. The summed E-state index contributed by atoms with van der Waals surface area (Å²) in [7, 11) is -3.85. The number of carbonyl (C=O) groups excluding carboxylic acids is 2. The maximum Gasteiger partial charge on any atom is 0.309 e. The minimum absolute atomic E-state index is 0.117. The summed E-state index contributed by atoms with van der Waals surface area (Å²) in [5, 5.41) is 5.09. The minimum Gasteiger partial charge on any atom is -0.360 e. The lowest BCUT2D eigenvalue weighted by molar-refractivity contribution is -0.140. The van der Waals surface area contributed by atoms with Crippen molar-refractivity contribution >= 4 is 21.8 Å². The van der Waals surface area contributed by atoms with E-state index in [4.69, 9.17) is 4.74 Å². The molecular formula is C24H31N3O5S. The molecule has 3 rings (SSSR count). The third-order valence-corrected chi connectivity index (χ3v) is 7.71. The fourth-order valence-corrected chi connectivity index (χ4v) is 6.08. The van der Waals surface area contributed by atoms with Gasteiger partial charge in [-0.15, -0.1) is 0 Å². The zero-order valence-electron chi connectivity index (χ0n) is 19.3. The molecule has 1 atom stereocenters. The number of nitrogens with one attached hydrogen (secondary N) is 2. The van der Waals surface area contributed by atoms with Crippen molar-refractivity contribution < 1.29 is 22.7 Å². The van der Waals surface area contributed by atoms with Crippen molar-refractivity contribution in [3.63, 3.8) is 0 Å². The number of carbonyl (C=O) groups is 2. The van der Waals surface area contributed by atoms with Gasteiger partial charge in [-0.05, 0) is 50.3 Å². The van der Waals surface area contributed by atoms with Gasteiger partial charge in [0.1, 0.15) is 6.23 Å². The molecular weight excluding hydrogens is 442 g/mol. The van der Waals surface area contributed by atoms with Crippen LogP contribution in [0, 0.1) is 20.8 Å². The quantitative estimate of drug-likeness (QED) is 0.597. The van der Waals surface area contributed by atoms with Crippen LogP contribution in [0.4, 0.5) is 0 Å². The summed E-state index contributed by atoms with van der Waals surface area (Å²) in [6.45, 7) is 6.32. The number of benzene rings is 2. The topological polar surface area (TPSA) is 105 Å². The Labute approximate surface area is 195 Å². The zero-order chi connectivity index (χ0) is 24.0. The van der Waals surface area contributed by atoms with Gasteiger partial charge in [-0.25, -0.2) is 8.42 Å². The standard InChI is InChI=1S/C24H31N3O5S/c1-17-14-18(2)22(19(3)15-17)33(30,31)27-12-7-13-32-21(27)16-26-24(29)23(28)25-11-10-20-8-5-4-6-9-20/h4-6,8-9,14-15,21H,7,10-13,16H2,1-3H3,(H,25,28)(H,26,29). The molecule has 1 unspecified atom stereocenters. The summed E-state index contributed by atoms with van der Waals surface area (Å²) < 4.78 is 33.9. The Kier molecular flexibility index (Phi) is 8.23. The Morgan fingerprint density at radius 2 is 1.67 bits per heavy atom. The molecule has 0 aromatic heterocycles. The van der Waals surface area contributed by atoms with E-state index in [2.05, 4.69) is 10.6 Å². The largest absolute Gasteiger partial charge is 0.360 e. The van der Waals surface area contributed by atoms with Gasteiger partial charge in [0.15, 0.2) is 0 Å². The Hall–Kier alpha value is -2.75. The number of sulfonamides is 1. The molecule has 1 heterocycles. The lowest BCUT2D eigenvalue weighted by Crippen LogP contribution is -2.53.